The van der Waals surface area contributed by atoms with Gasteiger partial charge in [0.25, 0.3) is 0 Å². The van der Waals surface area contributed by atoms with Crippen LogP contribution in [0.4, 0.5) is 18.0 Å². The van der Waals surface area contributed by atoms with E-state index in [1.807, 2.05) is 18.2 Å². The van der Waals surface area contributed by atoms with Crippen LogP contribution in [0.5, 0.6) is 0 Å². The van der Waals surface area contributed by atoms with Crippen LogP contribution in [0.3, 0.4) is 0 Å². The topological polar surface area (TPSA) is 67.9 Å². The molecular formula is C16H19F3N2O4. The molecule has 6 nitrogen and oxygen atoms in total. The van der Waals surface area contributed by atoms with Crippen molar-refractivity contribution in [2.75, 3.05) is 19.7 Å². The van der Waals surface area contributed by atoms with E-state index >= 15 is 0 Å². The maximum atomic E-state index is 12.3. The van der Waals surface area contributed by atoms with Gasteiger partial charge in [-0.25, -0.2) is 9.59 Å². The van der Waals surface area contributed by atoms with Crippen LogP contribution >= 0.6 is 0 Å². The predicted molar refractivity (Wildman–Crippen MR) is 81.2 cm³/mol. The number of benzene rings is 1. The summed E-state index contributed by atoms with van der Waals surface area (Å²) in [5.74, 6) is -2.25. The van der Waals surface area contributed by atoms with E-state index < -0.39 is 23.8 Å². The largest absolute Gasteiger partial charge is 0.492 e. The lowest BCUT2D eigenvalue weighted by Crippen LogP contribution is -2.53. The molecule has 0 radical (unpaired) electrons. The minimum atomic E-state index is -5.04. The summed E-state index contributed by atoms with van der Waals surface area (Å²) in [6.07, 6.45) is -5.12. The number of ether oxygens (including phenoxy) is 1. The highest BCUT2D eigenvalue weighted by molar-refractivity contribution is 5.75. The van der Waals surface area contributed by atoms with Crippen LogP contribution in [0.15, 0.2) is 30.3 Å². The number of nitrogens with one attached hydrogen (secondary N) is 1. The van der Waals surface area contributed by atoms with Crippen molar-refractivity contribution in [1.82, 2.24) is 10.4 Å². The lowest BCUT2D eigenvalue weighted by Gasteiger charge is -2.41. The molecule has 1 aromatic carbocycles. The number of hydrogen-bond acceptors (Lipinski definition) is 5. The zero-order valence-electron chi connectivity index (χ0n) is 13.6. The first kappa shape index (κ1) is 19.0. The lowest BCUT2D eigenvalue weighted by molar-refractivity contribution is -0.243. The summed E-state index contributed by atoms with van der Waals surface area (Å²) >= 11 is 0. The fourth-order valence-electron chi connectivity index (χ4n) is 2.73. The molecule has 0 spiro atoms. The van der Waals surface area contributed by atoms with Gasteiger partial charge in [0.2, 0.25) is 0 Å². The Morgan fingerprint density at radius 3 is 2.32 bits per heavy atom. The Labute approximate surface area is 142 Å². The predicted octanol–water partition coefficient (Wildman–Crippen LogP) is 2.74. The van der Waals surface area contributed by atoms with Crippen LogP contribution in [0.2, 0.25) is 0 Å². The van der Waals surface area contributed by atoms with Gasteiger partial charge < -0.3 is 14.9 Å². The second-order valence-corrected chi connectivity index (χ2v) is 5.60. The number of piperidine rings is 1. The van der Waals surface area contributed by atoms with E-state index in [4.69, 9.17) is 4.74 Å². The number of hydroxylamine groups is 2. The van der Waals surface area contributed by atoms with Gasteiger partial charge in [-0.05, 0) is 25.3 Å². The zero-order valence-corrected chi connectivity index (χ0v) is 13.6. The third-order valence-corrected chi connectivity index (χ3v) is 3.96. The molecule has 1 saturated heterocycles. The molecule has 0 atom stereocenters. The summed E-state index contributed by atoms with van der Waals surface area (Å²) in [7, 11) is 0. The number of carbonyl (C=O) groups is 2. The SMILES string of the molecule is CCOC(=O)NC1(c2ccccc2)CCN(OC(=O)C(F)(F)F)CC1. The van der Waals surface area contributed by atoms with E-state index in [-0.39, 0.29) is 32.5 Å². The Bertz CT molecular complexity index is 599. The first-order valence-electron chi connectivity index (χ1n) is 7.81. The van der Waals surface area contributed by atoms with Crippen molar-refractivity contribution in [3.8, 4) is 0 Å². The van der Waals surface area contributed by atoms with Gasteiger partial charge in [-0.2, -0.15) is 13.2 Å². The van der Waals surface area contributed by atoms with E-state index in [0.717, 1.165) is 10.6 Å². The summed E-state index contributed by atoms with van der Waals surface area (Å²) in [5, 5.41) is 3.77. The van der Waals surface area contributed by atoms with Crippen molar-refractivity contribution in [3.05, 3.63) is 35.9 Å². The molecule has 1 aliphatic rings. The van der Waals surface area contributed by atoms with Crippen molar-refractivity contribution >= 4 is 12.1 Å². The van der Waals surface area contributed by atoms with Crippen LogP contribution in [0.1, 0.15) is 25.3 Å². The minimum absolute atomic E-state index is 0.0448. The highest BCUT2D eigenvalue weighted by Crippen LogP contribution is 2.33. The second kappa shape index (κ2) is 7.73. The van der Waals surface area contributed by atoms with Crippen molar-refractivity contribution in [1.29, 1.82) is 0 Å². The second-order valence-electron chi connectivity index (χ2n) is 5.60. The Balaban J connectivity index is 2.10. The molecule has 25 heavy (non-hydrogen) atoms. The number of rotatable bonds is 4. The summed E-state index contributed by atoms with van der Waals surface area (Å²) in [5.41, 5.74) is 0.0131. The van der Waals surface area contributed by atoms with Gasteiger partial charge in [0.15, 0.2) is 0 Å². The minimum Gasteiger partial charge on any atom is -0.450 e. The molecule has 0 saturated carbocycles. The maximum Gasteiger partial charge on any atom is 0.492 e. The molecule has 1 fully saturated rings. The van der Waals surface area contributed by atoms with Gasteiger partial charge in [0, 0.05) is 13.1 Å². The van der Waals surface area contributed by atoms with Crippen molar-refractivity contribution in [2.24, 2.45) is 0 Å². The van der Waals surface area contributed by atoms with Crippen LogP contribution in [-0.4, -0.2) is 43.0 Å². The molecule has 0 aromatic heterocycles. The van der Waals surface area contributed by atoms with Crippen LogP contribution in [-0.2, 0) is 19.9 Å². The molecule has 0 unspecified atom stereocenters. The Morgan fingerprint density at radius 2 is 1.80 bits per heavy atom. The molecular weight excluding hydrogens is 341 g/mol. The standard InChI is InChI=1S/C16H19F3N2O4/c1-2-24-14(23)20-15(12-6-4-3-5-7-12)8-10-21(11-9-15)25-13(22)16(17,18)19/h3-7H,2,8-11H2,1H3,(H,20,23). The third-order valence-electron chi connectivity index (χ3n) is 3.96. The Kier molecular flexibility index (Phi) is 5.89. The quantitative estimate of drug-likeness (QED) is 0.894. The van der Waals surface area contributed by atoms with Crippen molar-refractivity contribution in [3.63, 3.8) is 0 Å². The number of halogens is 3. The Morgan fingerprint density at radius 1 is 1.20 bits per heavy atom. The molecule has 1 aliphatic heterocycles. The monoisotopic (exact) mass is 360 g/mol. The van der Waals surface area contributed by atoms with Crippen LogP contribution in [0.25, 0.3) is 0 Å². The van der Waals surface area contributed by atoms with Crippen LogP contribution in [0, 0.1) is 0 Å². The number of carbonyl (C=O) groups excluding carboxylic acids is 2. The highest BCUT2D eigenvalue weighted by atomic mass is 19.4. The average molecular weight is 360 g/mol. The van der Waals surface area contributed by atoms with Crippen molar-refractivity contribution in [2.45, 2.75) is 31.5 Å². The fourth-order valence-corrected chi connectivity index (χ4v) is 2.73. The van der Waals surface area contributed by atoms with Gasteiger partial charge in [-0.1, -0.05) is 30.3 Å². The number of alkyl carbamates (subject to hydrolysis) is 1. The first-order chi connectivity index (χ1) is 11.8. The zero-order chi connectivity index (χ0) is 18.5. The molecule has 9 heteroatoms. The fraction of sp³-hybridized carbons (Fsp3) is 0.500. The van der Waals surface area contributed by atoms with E-state index in [1.54, 1.807) is 19.1 Å². The van der Waals surface area contributed by atoms with Crippen molar-refractivity contribution < 1.29 is 32.3 Å². The normalized spacial score (nSPS) is 17.6. The molecule has 0 bridgehead atoms. The van der Waals surface area contributed by atoms with E-state index in [9.17, 15) is 22.8 Å². The summed E-state index contributed by atoms with van der Waals surface area (Å²) in [4.78, 5) is 27.2. The molecule has 0 aliphatic carbocycles. The molecule has 1 amide bonds. The van der Waals surface area contributed by atoms with E-state index in [2.05, 4.69) is 10.2 Å². The average Bonchev–Trinajstić information content (AvgIpc) is 2.57. The van der Waals surface area contributed by atoms with Gasteiger partial charge in [0.1, 0.15) is 0 Å². The first-order valence-corrected chi connectivity index (χ1v) is 7.81. The Hall–Kier alpha value is -2.29. The van der Waals surface area contributed by atoms with E-state index in [0.29, 0.717) is 0 Å². The van der Waals surface area contributed by atoms with E-state index in [1.165, 1.54) is 0 Å². The van der Waals surface area contributed by atoms with Crippen LogP contribution < -0.4 is 5.32 Å². The number of nitrogens with zero attached hydrogens (tertiary/aromatic N) is 1. The number of amides is 1. The molecule has 1 heterocycles. The molecule has 138 valence electrons. The van der Waals surface area contributed by atoms with Gasteiger partial charge in [-0.3, -0.25) is 0 Å². The summed E-state index contributed by atoms with van der Waals surface area (Å²) in [6, 6.07) is 9.08. The van der Waals surface area contributed by atoms with Gasteiger partial charge >= 0.3 is 18.2 Å². The smallest absolute Gasteiger partial charge is 0.450 e. The highest BCUT2D eigenvalue weighted by Gasteiger charge is 2.44. The summed E-state index contributed by atoms with van der Waals surface area (Å²) in [6.45, 7) is 1.96. The molecule has 1 aromatic rings. The van der Waals surface area contributed by atoms with Gasteiger partial charge in [0.05, 0.1) is 12.1 Å². The number of alkyl halides is 3. The van der Waals surface area contributed by atoms with Gasteiger partial charge in [-0.15, -0.1) is 5.06 Å². The number of hydrogen-bond donors (Lipinski definition) is 1. The summed E-state index contributed by atoms with van der Waals surface area (Å²) < 4.78 is 41.8. The molecule has 1 N–H and O–H groups in total. The molecule has 2 rings (SSSR count). The maximum absolute atomic E-state index is 12.3. The third kappa shape index (κ3) is 4.85. The lowest BCUT2D eigenvalue weighted by atomic mass is 9.81.